The van der Waals surface area contributed by atoms with Crippen molar-refractivity contribution in [1.29, 1.82) is 0 Å². The molecule has 4 fully saturated rings. The first-order valence-electron chi connectivity index (χ1n) is 49.9. The molecule has 6 heterocycles. The van der Waals surface area contributed by atoms with Crippen molar-refractivity contribution >= 4 is 128 Å². The predicted molar refractivity (Wildman–Crippen MR) is 557 cm³/mol. The summed E-state index contributed by atoms with van der Waals surface area (Å²) in [6.07, 6.45) is 17.4. The zero-order valence-corrected chi connectivity index (χ0v) is 80.7. The number of rotatable bonds is 48. The Morgan fingerprint density at radius 2 is 0.552 bits per heavy atom. The van der Waals surface area contributed by atoms with Gasteiger partial charge in [0, 0.05) is 115 Å². The van der Waals surface area contributed by atoms with Gasteiger partial charge in [-0.3, -0.25) is 0 Å². The molecule has 0 radical (unpaired) electrons. The molecule has 0 aliphatic carbocycles. The zero-order valence-electron chi connectivity index (χ0n) is 79.1. The number of ether oxygens (including phenoxy) is 12. The normalized spacial score (nSPS) is 15.5. The molecule has 4 aliphatic rings. The van der Waals surface area contributed by atoms with Crippen LogP contribution in [0.15, 0.2) is 243 Å². The molecule has 0 spiro atoms. The fraction of sp³-hybridized carbons (Fsp3) is 0.400. The summed E-state index contributed by atoms with van der Waals surface area (Å²) in [5.74, 6) is 0. The summed E-state index contributed by atoms with van der Waals surface area (Å²) in [6.45, 7) is 27.8. The van der Waals surface area contributed by atoms with Crippen molar-refractivity contribution in [2.45, 2.75) is 157 Å². The molecule has 0 saturated carbocycles. The fourth-order valence-corrected chi connectivity index (χ4v) is 22.4. The lowest BCUT2D eigenvalue weighted by Crippen LogP contribution is -2.45. The molecule has 134 heavy (non-hydrogen) atoms. The third kappa shape index (κ3) is 21.2. The van der Waals surface area contributed by atoms with E-state index in [0.717, 1.165) is 235 Å². The van der Waals surface area contributed by atoms with Gasteiger partial charge in [0.15, 0.2) is 0 Å². The lowest BCUT2D eigenvalue weighted by molar-refractivity contribution is -0.150. The standard InChI is InChI=1S/2C60H66O6S/c1-3-59(39-65-40-59)37-63-32-13-5-11-30-61-35-43-22-24-44(25-23-43)56-49-17-7-9-19-51(49)57(52-20-10-8-18-50(52)56)45-26-28-54-53(34-45)58-48-21-15-16-46(47(48)27-29-55(58)67-54)36-62-31-12-6-14-33-64-38-60(4-2)41-66-42-60;1-3-59(39-65-40-59)37-63-29-13-5-11-27-61-35-43-19-22-45(23-20-43)57-49-15-7-9-17-51(49)58(52-18-10-8-16-50(52)57)47-25-26-55-53(32-47)54-33-48-31-44(21-24-46(48)34-56(54)67-55)36-62-28-12-6-14-30-64-38-60(4-2)41-66-42-60/h7-10,15-29,34H,3-6,11-14,30-33,35-42H2,1-2H3;7-10,15-26,31-34H,3-6,11-14,27-30,35-42H2,1-2H3. The van der Waals surface area contributed by atoms with Gasteiger partial charge in [-0.2, -0.15) is 0 Å². The Balaban J connectivity index is 0.000000172. The summed E-state index contributed by atoms with van der Waals surface area (Å²) in [7, 11) is 0. The van der Waals surface area contributed by atoms with E-state index in [1.54, 1.807) is 0 Å². The molecule has 696 valence electrons. The van der Waals surface area contributed by atoms with Gasteiger partial charge in [-0.15, -0.1) is 22.7 Å². The van der Waals surface area contributed by atoms with Gasteiger partial charge in [0.1, 0.15) is 0 Å². The molecular weight excluding hydrogens is 1700 g/mol. The molecule has 4 saturated heterocycles. The molecule has 14 aromatic carbocycles. The van der Waals surface area contributed by atoms with E-state index < -0.39 is 0 Å². The Labute approximate surface area is 799 Å². The van der Waals surface area contributed by atoms with Crippen molar-refractivity contribution in [2.75, 3.05) is 132 Å². The number of unbranched alkanes of at least 4 members (excludes halogenated alkanes) is 8. The minimum atomic E-state index is 0.258. The molecule has 0 unspecified atom stereocenters. The molecule has 12 nitrogen and oxygen atoms in total. The number of thiophene rings is 2. The van der Waals surface area contributed by atoms with Crippen molar-refractivity contribution in [1.82, 2.24) is 0 Å². The Morgan fingerprint density at radius 3 is 0.940 bits per heavy atom. The van der Waals surface area contributed by atoms with Crippen molar-refractivity contribution in [3.05, 3.63) is 265 Å². The summed E-state index contributed by atoms with van der Waals surface area (Å²) in [4.78, 5) is 0. The van der Waals surface area contributed by atoms with Crippen LogP contribution in [0.25, 0.3) is 149 Å². The topological polar surface area (TPSA) is 111 Å². The first-order valence-corrected chi connectivity index (χ1v) is 51.5. The molecule has 20 rings (SSSR count). The van der Waals surface area contributed by atoms with Gasteiger partial charge in [-0.05, 0) is 283 Å². The number of benzene rings is 14. The maximum Gasteiger partial charge on any atom is 0.0722 e. The minimum Gasteiger partial charge on any atom is -0.381 e. The summed E-state index contributed by atoms with van der Waals surface area (Å²) in [6, 6.07) is 91.0. The second kappa shape index (κ2) is 44.4. The van der Waals surface area contributed by atoms with E-state index >= 15 is 0 Å². The highest BCUT2D eigenvalue weighted by Crippen LogP contribution is 2.50. The van der Waals surface area contributed by atoms with Crippen molar-refractivity contribution in [3.63, 3.8) is 0 Å². The van der Waals surface area contributed by atoms with Gasteiger partial charge in [-0.25, -0.2) is 0 Å². The van der Waals surface area contributed by atoms with Crippen molar-refractivity contribution < 1.29 is 56.8 Å². The molecule has 2 aromatic heterocycles. The molecule has 0 atom stereocenters. The van der Waals surface area contributed by atoms with Crippen LogP contribution in [-0.4, -0.2) is 132 Å². The Bertz CT molecular complexity index is 6520. The summed E-state index contributed by atoms with van der Waals surface area (Å²) in [5, 5.41) is 20.5. The number of hydrogen-bond donors (Lipinski definition) is 0. The van der Waals surface area contributed by atoms with Gasteiger partial charge in [0.05, 0.1) is 106 Å². The van der Waals surface area contributed by atoms with Gasteiger partial charge >= 0.3 is 0 Å². The maximum atomic E-state index is 6.30. The average molecular weight is 1830 g/mol. The van der Waals surface area contributed by atoms with Crippen molar-refractivity contribution in [3.8, 4) is 44.5 Å². The largest absolute Gasteiger partial charge is 0.381 e. The number of fused-ring (bicyclic) bond motifs is 13. The number of hydrogen-bond acceptors (Lipinski definition) is 14. The lowest BCUT2D eigenvalue weighted by Gasteiger charge is -2.40. The van der Waals surface area contributed by atoms with E-state index in [9.17, 15) is 0 Å². The molecule has 4 aliphatic heterocycles. The maximum absolute atomic E-state index is 6.30. The van der Waals surface area contributed by atoms with Crippen LogP contribution in [-0.2, 0) is 83.3 Å². The molecule has 0 amide bonds. The van der Waals surface area contributed by atoms with E-state index in [0.29, 0.717) is 26.4 Å². The van der Waals surface area contributed by atoms with Crippen LogP contribution < -0.4 is 0 Å². The first-order chi connectivity index (χ1) is 66.1. The third-order valence-electron chi connectivity index (χ3n) is 29.3. The molecule has 0 bridgehead atoms. The monoisotopic (exact) mass is 1830 g/mol. The van der Waals surface area contributed by atoms with Crippen molar-refractivity contribution in [2.24, 2.45) is 21.7 Å². The fourth-order valence-electron chi connectivity index (χ4n) is 20.2. The van der Waals surface area contributed by atoms with Crippen LogP contribution in [0.5, 0.6) is 0 Å². The molecular formula is C120H132O12S2. The van der Waals surface area contributed by atoms with E-state index in [-0.39, 0.29) is 21.7 Å². The molecule has 0 N–H and O–H groups in total. The van der Waals surface area contributed by atoms with Crippen LogP contribution in [0.1, 0.15) is 153 Å². The SMILES string of the molecule is CCC1(COCCCCCOCc2ccc(-c3c4ccccc4c(-c4ccc5sc6cc7ccc(COCCCCCOCC8(CC)COC8)cc7cc6c5c4)c4ccccc34)cc2)COC1.CCC1(COCCCCCOCc2ccc(-c3c4ccccc4c(-c4ccc5sc6ccc7c(COCCCCCOCC8(CC)COC8)cccc7c6c5c4)c4ccccc34)cc2)COC1. The third-order valence-corrected chi connectivity index (χ3v) is 31.5. The second-order valence-electron chi connectivity index (χ2n) is 38.7. The van der Waals surface area contributed by atoms with Crippen LogP contribution in [0.3, 0.4) is 0 Å². The summed E-state index contributed by atoms with van der Waals surface area (Å²) < 4.78 is 75.7. The molecule has 16 aromatic rings. The quantitative estimate of drug-likeness (QED) is 0.0267. The van der Waals surface area contributed by atoms with E-state index in [1.807, 2.05) is 22.7 Å². The summed E-state index contributed by atoms with van der Waals surface area (Å²) in [5.41, 5.74) is 15.9. The Hall–Kier alpha value is -9.40. The zero-order chi connectivity index (χ0) is 90.9. The second-order valence-corrected chi connectivity index (χ2v) is 40.9. The highest BCUT2D eigenvalue weighted by atomic mass is 32.1. The predicted octanol–water partition coefficient (Wildman–Crippen LogP) is 30.2. The smallest absolute Gasteiger partial charge is 0.0722 e. The Morgan fingerprint density at radius 1 is 0.231 bits per heavy atom. The average Bonchev–Trinajstić information content (AvgIpc) is 1.14. The summed E-state index contributed by atoms with van der Waals surface area (Å²) >= 11 is 3.77. The lowest BCUT2D eigenvalue weighted by atomic mass is 9.84. The highest BCUT2D eigenvalue weighted by Gasteiger charge is 2.40. The van der Waals surface area contributed by atoms with Crippen LogP contribution in [0.4, 0.5) is 0 Å². The first kappa shape index (κ1) is 93.6. The highest BCUT2D eigenvalue weighted by molar-refractivity contribution is 7.26. The van der Waals surface area contributed by atoms with E-state index in [1.165, 1.54) is 172 Å². The van der Waals surface area contributed by atoms with Gasteiger partial charge < -0.3 is 56.8 Å². The van der Waals surface area contributed by atoms with E-state index in [2.05, 4.69) is 270 Å². The van der Waals surface area contributed by atoms with Gasteiger partial charge in [0.2, 0.25) is 0 Å². The van der Waals surface area contributed by atoms with Crippen LogP contribution >= 0.6 is 22.7 Å². The Kier molecular flexibility index (Phi) is 31.0. The van der Waals surface area contributed by atoms with Gasteiger partial charge in [-0.1, -0.05) is 222 Å². The molecule has 14 heteroatoms. The van der Waals surface area contributed by atoms with Crippen LogP contribution in [0.2, 0.25) is 0 Å². The van der Waals surface area contributed by atoms with Gasteiger partial charge in [0.25, 0.3) is 0 Å². The van der Waals surface area contributed by atoms with Crippen LogP contribution in [0, 0.1) is 21.7 Å². The minimum absolute atomic E-state index is 0.258. The van der Waals surface area contributed by atoms with E-state index in [4.69, 9.17) is 56.8 Å².